The second-order valence-corrected chi connectivity index (χ2v) is 6.23. The van der Waals surface area contributed by atoms with Gasteiger partial charge in [-0.25, -0.2) is 0 Å². The molecule has 2 aromatic carbocycles. The third-order valence-corrected chi connectivity index (χ3v) is 4.16. The average molecular weight is 372 g/mol. The van der Waals surface area contributed by atoms with Gasteiger partial charge >= 0.3 is 0 Å². The lowest BCUT2D eigenvalue weighted by Gasteiger charge is -2.11. The van der Waals surface area contributed by atoms with Crippen LogP contribution < -0.4 is 16.1 Å². The Bertz CT molecular complexity index is 880. The molecule has 0 bridgehead atoms. The van der Waals surface area contributed by atoms with E-state index in [2.05, 4.69) is 16.1 Å². The number of hydrogen-bond donors (Lipinski definition) is 3. The highest BCUT2D eigenvalue weighted by Crippen LogP contribution is 2.14. The Morgan fingerprint density at radius 2 is 1.85 bits per heavy atom. The van der Waals surface area contributed by atoms with Crippen LogP contribution in [0.3, 0.4) is 0 Å². The molecule has 0 aliphatic carbocycles. The highest BCUT2D eigenvalue weighted by molar-refractivity contribution is 6.29. The minimum Gasteiger partial charge on any atom is -0.348 e. The molecular weight excluding hydrogens is 354 g/mol. The van der Waals surface area contributed by atoms with Gasteiger partial charge < -0.3 is 10.6 Å². The molecule has 7 heteroatoms. The first-order chi connectivity index (χ1) is 12.5. The molecule has 1 aliphatic rings. The van der Waals surface area contributed by atoms with E-state index >= 15 is 0 Å². The standard InChI is InChI=1S/C19H18ClN3O3/c1-12-5-4-6-13(9-12)10-21-18(24)14-7-2-3-8-15(14)19(25)22-16-11-26-23-17(16)20/h2-9,23H,10-11H2,1H3,(H,21,24)(H,22,25). The van der Waals surface area contributed by atoms with E-state index in [9.17, 15) is 9.59 Å². The summed E-state index contributed by atoms with van der Waals surface area (Å²) < 4.78 is 0. The Hall–Kier alpha value is -2.83. The Balaban J connectivity index is 1.72. The summed E-state index contributed by atoms with van der Waals surface area (Å²) in [6.45, 7) is 2.52. The van der Waals surface area contributed by atoms with Crippen LogP contribution in [0.5, 0.6) is 0 Å². The molecule has 0 saturated carbocycles. The molecule has 1 aliphatic heterocycles. The van der Waals surface area contributed by atoms with Crippen molar-refractivity contribution in [2.45, 2.75) is 13.5 Å². The number of rotatable bonds is 5. The zero-order valence-corrected chi connectivity index (χ0v) is 14.9. The monoisotopic (exact) mass is 371 g/mol. The van der Waals surface area contributed by atoms with Crippen molar-refractivity contribution >= 4 is 23.4 Å². The number of carbonyl (C=O) groups excluding carboxylic acids is 2. The van der Waals surface area contributed by atoms with Gasteiger partial charge in [-0.3, -0.25) is 19.9 Å². The first-order valence-corrected chi connectivity index (χ1v) is 8.43. The molecule has 3 rings (SSSR count). The molecule has 0 aromatic heterocycles. The highest BCUT2D eigenvalue weighted by atomic mass is 35.5. The largest absolute Gasteiger partial charge is 0.348 e. The Morgan fingerprint density at radius 1 is 1.12 bits per heavy atom. The van der Waals surface area contributed by atoms with Crippen molar-refractivity contribution < 1.29 is 14.4 Å². The van der Waals surface area contributed by atoms with E-state index in [1.807, 2.05) is 31.2 Å². The minimum atomic E-state index is -0.424. The molecule has 0 saturated heterocycles. The maximum absolute atomic E-state index is 12.6. The lowest BCUT2D eigenvalue weighted by Crippen LogP contribution is -2.29. The zero-order valence-electron chi connectivity index (χ0n) is 14.1. The first kappa shape index (κ1) is 18.0. The van der Waals surface area contributed by atoms with Crippen molar-refractivity contribution in [3.8, 4) is 0 Å². The van der Waals surface area contributed by atoms with E-state index < -0.39 is 5.91 Å². The molecule has 134 valence electrons. The second kappa shape index (κ2) is 8.03. The Labute approximate surface area is 156 Å². The van der Waals surface area contributed by atoms with E-state index in [0.29, 0.717) is 17.8 Å². The summed E-state index contributed by atoms with van der Waals surface area (Å²) in [5, 5.41) is 5.73. The summed E-state index contributed by atoms with van der Waals surface area (Å²) in [6, 6.07) is 14.5. The molecule has 1 heterocycles. The van der Waals surface area contributed by atoms with Crippen molar-refractivity contribution in [1.82, 2.24) is 16.1 Å². The molecule has 0 spiro atoms. The molecule has 6 nitrogen and oxygen atoms in total. The van der Waals surface area contributed by atoms with E-state index in [0.717, 1.165) is 11.1 Å². The smallest absolute Gasteiger partial charge is 0.256 e. The number of hydroxylamine groups is 1. The van der Waals surface area contributed by atoms with E-state index in [-0.39, 0.29) is 23.2 Å². The molecule has 2 amide bonds. The third kappa shape index (κ3) is 4.22. The molecule has 0 unspecified atom stereocenters. The molecule has 0 radical (unpaired) electrons. The molecular formula is C19H18ClN3O3. The van der Waals surface area contributed by atoms with Crippen molar-refractivity contribution in [2.24, 2.45) is 0 Å². The van der Waals surface area contributed by atoms with Gasteiger partial charge in [0.15, 0.2) is 0 Å². The van der Waals surface area contributed by atoms with Crippen LogP contribution in [0.15, 0.2) is 59.4 Å². The molecule has 26 heavy (non-hydrogen) atoms. The number of nitrogens with one attached hydrogen (secondary N) is 3. The summed E-state index contributed by atoms with van der Waals surface area (Å²) in [4.78, 5) is 30.0. The van der Waals surface area contributed by atoms with Crippen molar-refractivity contribution in [3.05, 3.63) is 81.6 Å². The van der Waals surface area contributed by atoms with Gasteiger partial charge in [-0.1, -0.05) is 53.6 Å². The van der Waals surface area contributed by atoms with Gasteiger partial charge in [0.1, 0.15) is 11.8 Å². The minimum absolute atomic E-state index is 0.145. The van der Waals surface area contributed by atoms with Crippen LogP contribution >= 0.6 is 11.6 Å². The van der Waals surface area contributed by atoms with Gasteiger partial charge in [0.25, 0.3) is 11.8 Å². The fraction of sp³-hybridized carbons (Fsp3) is 0.158. The van der Waals surface area contributed by atoms with Gasteiger partial charge in [-0.15, -0.1) is 0 Å². The molecule has 2 aromatic rings. The molecule has 0 atom stereocenters. The van der Waals surface area contributed by atoms with E-state index in [4.69, 9.17) is 16.4 Å². The maximum Gasteiger partial charge on any atom is 0.256 e. The van der Waals surface area contributed by atoms with Crippen LogP contribution in [0.25, 0.3) is 0 Å². The number of halogens is 1. The number of benzene rings is 2. The lowest BCUT2D eigenvalue weighted by molar-refractivity contribution is 0.0909. The van der Waals surface area contributed by atoms with Gasteiger partial charge in [-0.05, 0) is 24.6 Å². The fourth-order valence-electron chi connectivity index (χ4n) is 2.57. The maximum atomic E-state index is 12.6. The fourth-order valence-corrected chi connectivity index (χ4v) is 2.73. The summed E-state index contributed by atoms with van der Waals surface area (Å²) >= 11 is 5.89. The van der Waals surface area contributed by atoms with Crippen molar-refractivity contribution in [1.29, 1.82) is 0 Å². The topological polar surface area (TPSA) is 79.5 Å². The Kier molecular flexibility index (Phi) is 5.55. The van der Waals surface area contributed by atoms with Gasteiger partial charge in [0.05, 0.1) is 16.8 Å². The van der Waals surface area contributed by atoms with E-state index in [1.54, 1.807) is 24.3 Å². The van der Waals surface area contributed by atoms with Gasteiger partial charge in [0.2, 0.25) is 0 Å². The average Bonchev–Trinajstić information content (AvgIpc) is 3.04. The number of hydrogen-bond acceptors (Lipinski definition) is 4. The first-order valence-electron chi connectivity index (χ1n) is 8.05. The third-order valence-electron chi connectivity index (χ3n) is 3.86. The van der Waals surface area contributed by atoms with Crippen LogP contribution in [-0.2, 0) is 11.4 Å². The number of carbonyl (C=O) groups is 2. The van der Waals surface area contributed by atoms with Crippen molar-refractivity contribution in [2.75, 3.05) is 6.61 Å². The predicted octanol–water partition coefficient (Wildman–Crippen LogP) is 2.60. The quantitative estimate of drug-likeness (QED) is 0.706. The summed E-state index contributed by atoms with van der Waals surface area (Å²) in [7, 11) is 0. The molecule has 0 fully saturated rings. The lowest BCUT2D eigenvalue weighted by atomic mass is 10.1. The summed E-state index contributed by atoms with van der Waals surface area (Å²) in [5.41, 5.74) is 5.55. The predicted molar refractivity (Wildman–Crippen MR) is 98.2 cm³/mol. The second-order valence-electron chi connectivity index (χ2n) is 5.85. The van der Waals surface area contributed by atoms with Crippen LogP contribution in [-0.4, -0.2) is 18.4 Å². The zero-order chi connectivity index (χ0) is 18.5. The van der Waals surface area contributed by atoms with Crippen LogP contribution in [0.2, 0.25) is 0 Å². The molecule has 3 N–H and O–H groups in total. The Morgan fingerprint density at radius 3 is 2.50 bits per heavy atom. The number of aryl methyl sites for hydroxylation is 1. The van der Waals surface area contributed by atoms with Gasteiger partial charge in [0, 0.05) is 6.54 Å². The SMILES string of the molecule is Cc1cccc(CNC(=O)c2ccccc2C(=O)NC2=C(Cl)NOC2)c1. The summed E-state index contributed by atoms with van der Waals surface area (Å²) in [6.07, 6.45) is 0. The van der Waals surface area contributed by atoms with Crippen molar-refractivity contribution in [3.63, 3.8) is 0 Å². The van der Waals surface area contributed by atoms with E-state index in [1.165, 1.54) is 0 Å². The van der Waals surface area contributed by atoms with Crippen LogP contribution in [0.4, 0.5) is 0 Å². The normalized spacial score (nSPS) is 13.3. The van der Waals surface area contributed by atoms with Crippen LogP contribution in [0.1, 0.15) is 31.8 Å². The van der Waals surface area contributed by atoms with Crippen LogP contribution in [0, 0.1) is 6.92 Å². The van der Waals surface area contributed by atoms with Gasteiger partial charge in [-0.2, -0.15) is 0 Å². The highest BCUT2D eigenvalue weighted by Gasteiger charge is 2.20. The summed E-state index contributed by atoms with van der Waals surface area (Å²) in [5.74, 6) is -0.745. The number of amides is 2.